The number of amides is 1. The summed E-state index contributed by atoms with van der Waals surface area (Å²) in [5.41, 5.74) is 4.35. The van der Waals surface area contributed by atoms with E-state index in [0.717, 1.165) is 22.3 Å². The summed E-state index contributed by atoms with van der Waals surface area (Å²) in [5.74, 6) is -0.274. The third-order valence-corrected chi connectivity index (χ3v) is 3.99. The third-order valence-electron chi connectivity index (χ3n) is 3.99. The fourth-order valence-electron chi connectivity index (χ4n) is 2.72. The molecule has 26 heavy (non-hydrogen) atoms. The van der Waals surface area contributed by atoms with E-state index in [0.29, 0.717) is 12.1 Å². The first-order chi connectivity index (χ1) is 12.7. The number of benzene rings is 1. The SMILES string of the molecule is Cn1cc(-c2ncccc2CNC(=O)c2cnc3ccccc3n2)cn1. The van der Waals surface area contributed by atoms with Crippen molar-refractivity contribution in [1.29, 1.82) is 0 Å². The lowest BCUT2D eigenvalue weighted by Gasteiger charge is -2.08. The van der Waals surface area contributed by atoms with Crippen LogP contribution >= 0.6 is 0 Å². The van der Waals surface area contributed by atoms with Crippen molar-refractivity contribution in [2.24, 2.45) is 7.05 Å². The van der Waals surface area contributed by atoms with E-state index in [1.165, 1.54) is 6.20 Å². The Balaban J connectivity index is 1.54. The van der Waals surface area contributed by atoms with Gasteiger partial charge in [-0.25, -0.2) is 4.98 Å². The number of aromatic nitrogens is 5. The van der Waals surface area contributed by atoms with E-state index >= 15 is 0 Å². The Hall–Kier alpha value is -3.61. The van der Waals surface area contributed by atoms with Crippen LogP contribution in [-0.2, 0) is 13.6 Å². The van der Waals surface area contributed by atoms with Gasteiger partial charge in [-0.15, -0.1) is 0 Å². The van der Waals surface area contributed by atoms with E-state index in [1.54, 1.807) is 17.1 Å². The molecule has 0 saturated heterocycles. The molecule has 0 radical (unpaired) electrons. The largest absolute Gasteiger partial charge is 0.346 e. The molecule has 3 aromatic heterocycles. The second kappa shape index (κ2) is 6.72. The van der Waals surface area contributed by atoms with E-state index in [2.05, 4.69) is 25.4 Å². The van der Waals surface area contributed by atoms with E-state index in [9.17, 15) is 4.79 Å². The van der Waals surface area contributed by atoms with Gasteiger partial charge in [0.2, 0.25) is 0 Å². The second-order valence-corrected chi connectivity index (χ2v) is 5.84. The quantitative estimate of drug-likeness (QED) is 0.614. The Kier molecular flexibility index (Phi) is 4.10. The number of rotatable bonds is 4. The van der Waals surface area contributed by atoms with Crippen LogP contribution in [0.3, 0.4) is 0 Å². The highest BCUT2D eigenvalue weighted by Crippen LogP contribution is 2.20. The summed E-state index contributed by atoms with van der Waals surface area (Å²) in [4.78, 5) is 25.5. The molecule has 4 aromatic rings. The number of nitrogens with one attached hydrogen (secondary N) is 1. The van der Waals surface area contributed by atoms with E-state index in [4.69, 9.17) is 0 Å². The highest BCUT2D eigenvalue weighted by Gasteiger charge is 2.12. The molecule has 0 aliphatic carbocycles. The molecule has 7 heteroatoms. The number of hydrogen-bond donors (Lipinski definition) is 1. The molecule has 0 aliphatic rings. The lowest BCUT2D eigenvalue weighted by Crippen LogP contribution is -2.24. The zero-order valence-electron chi connectivity index (χ0n) is 14.1. The fourth-order valence-corrected chi connectivity index (χ4v) is 2.72. The first-order valence-electron chi connectivity index (χ1n) is 8.13. The van der Waals surface area contributed by atoms with Gasteiger partial charge in [0.05, 0.1) is 29.1 Å². The Bertz CT molecular complexity index is 1090. The minimum atomic E-state index is -0.274. The van der Waals surface area contributed by atoms with Gasteiger partial charge in [0.25, 0.3) is 5.91 Å². The summed E-state index contributed by atoms with van der Waals surface area (Å²) in [7, 11) is 1.85. The monoisotopic (exact) mass is 344 g/mol. The molecule has 0 spiro atoms. The number of carbonyl (C=O) groups is 1. The Morgan fingerprint density at radius 1 is 1.08 bits per heavy atom. The van der Waals surface area contributed by atoms with Crippen LogP contribution in [-0.4, -0.2) is 30.6 Å². The van der Waals surface area contributed by atoms with Crippen molar-refractivity contribution in [3.8, 4) is 11.3 Å². The number of pyridine rings is 1. The van der Waals surface area contributed by atoms with Gasteiger partial charge in [0, 0.05) is 31.5 Å². The Labute approximate surface area is 149 Å². The van der Waals surface area contributed by atoms with Crippen molar-refractivity contribution < 1.29 is 4.79 Å². The van der Waals surface area contributed by atoms with Gasteiger partial charge in [-0.2, -0.15) is 5.10 Å². The lowest BCUT2D eigenvalue weighted by atomic mass is 10.1. The molecule has 1 aromatic carbocycles. The maximum Gasteiger partial charge on any atom is 0.271 e. The average molecular weight is 344 g/mol. The first kappa shape index (κ1) is 15.9. The number of hydrogen-bond acceptors (Lipinski definition) is 5. The molecule has 4 rings (SSSR count). The number of fused-ring (bicyclic) bond motifs is 1. The van der Waals surface area contributed by atoms with Crippen molar-refractivity contribution in [2.75, 3.05) is 0 Å². The van der Waals surface area contributed by atoms with E-state index < -0.39 is 0 Å². The van der Waals surface area contributed by atoms with Crippen molar-refractivity contribution in [3.05, 3.63) is 72.4 Å². The highest BCUT2D eigenvalue weighted by molar-refractivity contribution is 5.93. The number of nitrogens with zero attached hydrogens (tertiary/aromatic N) is 5. The van der Waals surface area contributed by atoms with Crippen LogP contribution in [0.15, 0.2) is 61.2 Å². The minimum absolute atomic E-state index is 0.274. The standard InChI is InChI=1S/C19H16N6O/c1-25-12-14(10-23-25)18-13(5-4-8-20-18)9-22-19(26)17-11-21-15-6-2-3-7-16(15)24-17/h2-8,10-12H,9H2,1H3,(H,22,26). The van der Waals surface area contributed by atoms with Gasteiger partial charge >= 0.3 is 0 Å². The smallest absolute Gasteiger partial charge is 0.271 e. The van der Waals surface area contributed by atoms with Gasteiger partial charge < -0.3 is 5.32 Å². The third kappa shape index (κ3) is 3.14. The molecule has 7 nitrogen and oxygen atoms in total. The predicted octanol–water partition coefficient (Wildman–Crippen LogP) is 2.36. The maximum absolute atomic E-state index is 12.5. The zero-order valence-corrected chi connectivity index (χ0v) is 14.1. The van der Waals surface area contributed by atoms with E-state index in [-0.39, 0.29) is 11.6 Å². The van der Waals surface area contributed by atoms with E-state index in [1.807, 2.05) is 49.6 Å². The molecule has 0 bridgehead atoms. The summed E-state index contributed by atoms with van der Waals surface area (Å²) < 4.78 is 1.72. The average Bonchev–Trinajstić information content (AvgIpc) is 3.12. The molecule has 128 valence electrons. The van der Waals surface area contributed by atoms with Crippen LogP contribution < -0.4 is 5.32 Å². The molecule has 0 unspecified atom stereocenters. The van der Waals surface area contributed by atoms with Crippen LogP contribution in [0.1, 0.15) is 16.1 Å². The normalized spacial score (nSPS) is 10.8. The summed E-state index contributed by atoms with van der Waals surface area (Å²) in [6.45, 7) is 0.339. The minimum Gasteiger partial charge on any atom is -0.346 e. The fraction of sp³-hybridized carbons (Fsp3) is 0.105. The van der Waals surface area contributed by atoms with Crippen molar-refractivity contribution in [2.45, 2.75) is 6.54 Å². The summed E-state index contributed by atoms with van der Waals surface area (Å²) in [6, 6.07) is 11.2. The molecule has 3 heterocycles. The molecule has 0 atom stereocenters. The van der Waals surface area contributed by atoms with Crippen molar-refractivity contribution >= 4 is 16.9 Å². The molecule has 0 saturated carbocycles. The molecule has 1 N–H and O–H groups in total. The van der Waals surface area contributed by atoms with Gasteiger partial charge in [0.15, 0.2) is 0 Å². The highest BCUT2D eigenvalue weighted by atomic mass is 16.1. The van der Waals surface area contributed by atoms with Gasteiger partial charge in [-0.1, -0.05) is 18.2 Å². The van der Waals surface area contributed by atoms with Gasteiger partial charge in [-0.3, -0.25) is 19.4 Å². The van der Waals surface area contributed by atoms with Crippen LogP contribution in [0, 0.1) is 0 Å². The van der Waals surface area contributed by atoms with Crippen LogP contribution in [0.25, 0.3) is 22.3 Å². The topological polar surface area (TPSA) is 85.6 Å². The van der Waals surface area contributed by atoms with Crippen molar-refractivity contribution in [1.82, 2.24) is 30.0 Å². The van der Waals surface area contributed by atoms with Gasteiger partial charge in [0.1, 0.15) is 5.69 Å². The van der Waals surface area contributed by atoms with Crippen LogP contribution in [0.4, 0.5) is 0 Å². The predicted molar refractivity (Wildman–Crippen MR) is 97.1 cm³/mol. The molecular weight excluding hydrogens is 328 g/mol. The summed E-state index contributed by atoms with van der Waals surface area (Å²) >= 11 is 0. The maximum atomic E-state index is 12.5. The Morgan fingerprint density at radius 3 is 2.73 bits per heavy atom. The van der Waals surface area contributed by atoms with Gasteiger partial charge in [-0.05, 0) is 23.8 Å². The number of carbonyl (C=O) groups excluding carboxylic acids is 1. The molecular formula is C19H16N6O. The van der Waals surface area contributed by atoms with Crippen LogP contribution in [0.5, 0.6) is 0 Å². The van der Waals surface area contributed by atoms with Crippen molar-refractivity contribution in [3.63, 3.8) is 0 Å². The lowest BCUT2D eigenvalue weighted by molar-refractivity contribution is 0.0946. The zero-order chi connectivity index (χ0) is 17.9. The number of para-hydroxylation sites is 2. The molecule has 0 fully saturated rings. The summed E-state index contributed by atoms with van der Waals surface area (Å²) in [5, 5.41) is 7.07. The first-order valence-corrected chi connectivity index (χ1v) is 8.13. The summed E-state index contributed by atoms with van der Waals surface area (Å²) in [6.07, 6.45) is 6.86. The number of aryl methyl sites for hydroxylation is 1. The van der Waals surface area contributed by atoms with Crippen LogP contribution in [0.2, 0.25) is 0 Å². The second-order valence-electron chi connectivity index (χ2n) is 5.84. The molecule has 0 aliphatic heterocycles. The Morgan fingerprint density at radius 2 is 1.92 bits per heavy atom. The molecule has 1 amide bonds.